The van der Waals surface area contributed by atoms with Crippen LogP contribution in [0.15, 0.2) is 28.7 Å². The van der Waals surface area contributed by atoms with Gasteiger partial charge in [-0.2, -0.15) is 4.98 Å². The number of hydrogen-bond acceptors (Lipinski definition) is 6. The van der Waals surface area contributed by atoms with Crippen LogP contribution in [0.2, 0.25) is 0 Å². The molecule has 0 unspecified atom stereocenters. The molecule has 2 heterocycles. The van der Waals surface area contributed by atoms with E-state index in [0.717, 1.165) is 43.5 Å². The number of carbonyl (C=O) groups is 2. The minimum Gasteiger partial charge on any atom is -0.439 e. The molecule has 0 aliphatic carbocycles. The molecule has 1 saturated heterocycles. The van der Waals surface area contributed by atoms with Gasteiger partial charge in [0.2, 0.25) is 0 Å². The standard InChI is InChI=1S/C17H22N4O4/c18-15(22)11-24-17(23)19-8-5-12-6-9-21(10-7-12)16-20-13-3-1-2-4-14(13)25-16/h1-4,12H,5-11H2,(H2,18,22)(H,19,23). The van der Waals surface area contributed by atoms with Gasteiger partial charge in [0.05, 0.1) is 0 Å². The van der Waals surface area contributed by atoms with Crippen LogP contribution in [0.4, 0.5) is 10.8 Å². The average molecular weight is 346 g/mol. The molecule has 8 heteroatoms. The number of hydrogen-bond donors (Lipinski definition) is 2. The number of amides is 2. The number of nitrogens with one attached hydrogen (secondary N) is 1. The highest BCUT2D eigenvalue weighted by Crippen LogP contribution is 2.27. The fourth-order valence-corrected chi connectivity index (χ4v) is 2.97. The lowest BCUT2D eigenvalue weighted by molar-refractivity contribution is -0.120. The third-order valence-corrected chi connectivity index (χ3v) is 4.34. The van der Waals surface area contributed by atoms with Gasteiger partial charge in [-0.25, -0.2) is 4.79 Å². The number of rotatable bonds is 6. The Morgan fingerprint density at radius 1 is 1.32 bits per heavy atom. The zero-order chi connectivity index (χ0) is 17.6. The molecule has 0 radical (unpaired) electrons. The number of piperidine rings is 1. The maximum absolute atomic E-state index is 11.3. The molecule has 3 N–H and O–H groups in total. The summed E-state index contributed by atoms with van der Waals surface area (Å²) in [6.45, 7) is 1.88. The Balaban J connectivity index is 1.40. The Bertz CT molecular complexity index is 704. The van der Waals surface area contributed by atoms with Gasteiger partial charge in [-0.3, -0.25) is 4.79 Å². The number of alkyl carbamates (subject to hydrolysis) is 1. The van der Waals surface area contributed by atoms with E-state index in [4.69, 9.17) is 10.2 Å². The lowest BCUT2D eigenvalue weighted by Gasteiger charge is -2.30. The number of oxazole rings is 1. The molecule has 8 nitrogen and oxygen atoms in total. The molecule has 1 aliphatic heterocycles. The van der Waals surface area contributed by atoms with Gasteiger partial charge in [-0.1, -0.05) is 12.1 Å². The predicted octanol–water partition coefficient (Wildman–Crippen LogP) is 1.65. The summed E-state index contributed by atoms with van der Waals surface area (Å²) in [5.74, 6) is -0.140. The van der Waals surface area contributed by atoms with Crippen LogP contribution in [0.1, 0.15) is 19.3 Å². The molecule has 3 rings (SSSR count). The first kappa shape index (κ1) is 17.1. The van der Waals surface area contributed by atoms with E-state index in [1.807, 2.05) is 24.3 Å². The predicted molar refractivity (Wildman–Crippen MR) is 92.1 cm³/mol. The van der Waals surface area contributed by atoms with E-state index in [1.54, 1.807) is 0 Å². The molecule has 0 atom stereocenters. The van der Waals surface area contributed by atoms with Gasteiger partial charge in [-0.15, -0.1) is 0 Å². The van der Waals surface area contributed by atoms with Crippen molar-refractivity contribution in [3.8, 4) is 0 Å². The van der Waals surface area contributed by atoms with E-state index in [2.05, 4.69) is 19.9 Å². The van der Waals surface area contributed by atoms with Gasteiger partial charge in [-0.05, 0) is 37.3 Å². The zero-order valence-electron chi connectivity index (χ0n) is 13.9. The second-order valence-corrected chi connectivity index (χ2v) is 6.15. The summed E-state index contributed by atoms with van der Waals surface area (Å²) in [5, 5.41) is 2.63. The van der Waals surface area contributed by atoms with Crippen LogP contribution in [-0.4, -0.2) is 43.2 Å². The van der Waals surface area contributed by atoms with Crippen molar-refractivity contribution in [3.63, 3.8) is 0 Å². The quantitative estimate of drug-likeness (QED) is 0.823. The van der Waals surface area contributed by atoms with Crippen molar-refractivity contribution >= 4 is 29.1 Å². The molecule has 134 valence electrons. The minimum atomic E-state index is -0.665. The van der Waals surface area contributed by atoms with E-state index in [0.29, 0.717) is 18.5 Å². The Hall–Kier alpha value is -2.77. The van der Waals surface area contributed by atoms with Crippen molar-refractivity contribution in [1.82, 2.24) is 10.3 Å². The van der Waals surface area contributed by atoms with Crippen LogP contribution in [0, 0.1) is 5.92 Å². The molecule has 0 saturated carbocycles. The summed E-state index contributed by atoms with van der Waals surface area (Å²) in [5.41, 5.74) is 6.59. The van der Waals surface area contributed by atoms with E-state index in [1.165, 1.54) is 0 Å². The van der Waals surface area contributed by atoms with Gasteiger partial charge < -0.3 is 25.1 Å². The van der Waals surface area contributed by atoms with Gasteiger partial charge in [0, 0.05) is 19.6 Å². The molecule has 0 bridgehead atoms. The smallest absolute Gasteiger partial charge is 0.407 e. The molecule has 2 aromatic rings. The van der Waals surface area contributed by atoms with Crippen molar-refractivity contribution in [3.05, 3.63) is 24.3 Å². The van der Waals surface area contributed by atoms with Crippen LogP contribution in [0.25, 0.3) is 11.1 Å². The van der Waals surface area contributed by atoms with Gasteiger partial charge in [0.1, 0.15) is 5.52 Å². The van der Waals surface area contributed by atoms with Gasteiger partial charge >= 0.3 is 6.09 Å². The first-order chi connectivity index (χ1) is 12.1. The highest BCUT2D eigenvalue weighted by Gasteiger charge is 2.22. The summed E-state index contributed by atoms with van der Waals surface area (Å²) in [6, 6.07) is 8.42. The van der Waals surface area contributed by atoms with E-state index in [9.17, 15) is 9.59 Å². The van der Waals surface area contributed by atoms with Crippen molar-refractivity contribution < 1.29 is 18.7 Å². The second kappa shape index (κ2) is 7.87. The molecule has 2 amide bonds. The first-order valence-corrected chi connectivity index (χ1v) is 8.41. The first-order valence-electron chi connectivity index (χ1n) is 8.41. The van der Waals surface area contributed by atoms with Gasteiger partial charge in [0.15, 0.2) is 12.2 Å². The minimum absolute atomic E-state index is 0.394. The van der Waals surface area contributed by atoms with Crippen LogP contribution in [0.5, 0.6) is 0 Å². The highest BCUT2D eigenvalue weighted by atomic mass is 16.6. The van der Waals surface area contributed by atoms with Crippen molar-refractivity contribution in [1.29, 1.82) is 0 Å². The topological polar surface area (TPSA) is 111 Å². The number of benzene rings is 1. The summed E-state index contributed by atoms with van der Waals surface area (Å²) in [4.78, 5) is 28.6. The molecule has 0 spiro atoms. The van der Waals surface area contributed by atoms with Crippen molar-refractivity contribution in [2.45, 2.75) is 19.3 Å². The number of carbonyl (C=O) groups excluding carboxylic acids is 2. The number of nitrogens with two attached hydrogens (primary N) is 1. The monoisotopic (exact) mass is 346 g/mol. The molecule has 1 fully saturated rings. The fourth-order valence-electron chi connectivity index (χ4n) is 2.97. The summed E-state index contributed by atoms with van der Waals surface area (Å²) in [7, 11) is 0. The van der Waals surface area contributed by atoms with Crippen molar-refractivity contribution in [2.24, 2.45) is 11.7 Å². The second-order valence-electron chi connectivity index (χ2n) is 6.15. The van der Waals surface area contributed by atoms with Crippen molar-refractivity contribution in [2.75, 3.05) is 31.1 Å². The molecular formula is C17H22N4O4. The summed E-state index contributed by atoms with van der Waals surface area (Å²) < 4.78 is 10.4. The lowest BCUT2D eigenvalue weighted by Crippen LogP contribution is -2.35. The summed E-state index contributed by atoms with van der Waals surface area (Å²) in [6.07, 6.45) is 2.28. The number of fused-ring (bicyclic) bond motifs is 1. The maximum atomic E-state index is 11.3. The number of ether oxygens (including phenoxy) is 1. The Labute approximate surface area is 145 Å². The molecule has 1 aliphatic rings. The Kier molecular flexibility index (Phi) is 5.37. The highest BCUT2D eigenvalue weighted by molar-refractivity contribution is 5.78. The van der Waals surface area contributed by atoms with Crippen LogP contribution in [-0.2, 0) is 9.53 Å². The SMILES string of the molecule is NC(=O)COC(=O)NCCC1CCN(c2nc3ccccc3o2)CC1. The summed E-state index contributed by atoms with van der Waals surface area (Å²) >= 11 is 0. The van der Waals surface area contributed by atoms with Crippen LogP contribution >= 0.6 is 0 Å². The van der Waals surface area contributed by atoms with E-state index < -0.39 is 18.6 Å². The van der Waals surface area contributed by atoms with Gasteiger partial charge in [0.25, 0.3) is 11.9 Å². The third-order valence-electron chi connectivity index (χ3n) is 4.34. The number of nitrogens with zero attached hydrogens (tertiary/aromatic N) is 2. The molecule has 25 heavy (non-hydrogen) atoms. The molecular weight excluding hydrogens is 324 g/mol. The normalized spacial score (nSPS) is 15.3. The number of aromatic nitrogens is 1. The van der Waals surface area contributed by atoms with E-state index in [-0.39, 0.29) is 0 Å². The van der Waals surface area contributed by atoms with Crippen LogP contribution in [0.3, 0.4) is 0 Å². The Morgan fingerprint density at radius 3 is 2.80 bits per heavy atom. The fraction of sp³-hybridized carbons (Fsp3) is 0.471. The van der Waals surface area contributed by atoms with E-state index >= 15 is 0 Å². The third kappa shape index (κ3) is 4.62. The number of para-hydroxylation sites is 2. The molecule has 1 aromatic carbocycles. The average Bonchev–Trinajstić information content (AvgIpc) is 3.04. The maximum Gasteiger partial charge on any atom is 0.407 e. The Morgan fingerprint density at radius 2 is 2.08 bits per heavy atom. The lowest BCUT2D eigenvalue weighted by atomic mass is 9.94. The number of anilines is 1. The number of primary amides is 1. The molecule has 1 aromatic heterocycles. The zero-order valence-corrected chi connectivity index (χ0v) is 13.9. The van der Waals surface area contributed by atoms with Crippen LogP contribution < -0.4 is 16.0 Å². The largest absolute Gasteiger partial charge is 0.439 e.